The zero-order valence-electron chi connectivity index (χ0n) is 8.98. The lowest BCUT2D eigenvalue weighted by molar-refractivity contribution is 0.476. The van der Waals surface area contributed by atoms with Gasteiger partial charge in [0.15, 0.2) is 0 Å². The minimum absolute atomic E-state index is 0.114. The fourth-order valence-electron chi connectivity index (χ4n) is 2.50. The van der Waals surface area contributed by atoms with Gasteiger partial charge in [0.1, 0.15) is 5.82 Å². The molecule has 1 aliphatic carbocycles. The summed E-state index contributed by atoms with van der Waals surface area (Å²) in [5.74, 6) is -0.159. The number of hydrogen-bond acceptors (Lipinski definition) is 1. The molecule has 1 aromatic carbocycles. The molecule has 0 amide bonds. The first-order valence-corrected chi connectivity index (χ1v) is 5.88. The quantitative estimate of drug-likeness (QED) is 0.879. The third-order valence-corrected chi connectivity index (χ3v) is 4.34. The van der Waals surface area contributed by atoms with Crippen molar-refractivity contribution in [3.8, 4) is 0 Å². The maximum Gasteiger partial charge on any atom is 0.141 e. The number of benzene rings is 1. The highest BCUT2D eigenvalue weighted by Crippen LogP contribution is 2.64. The minimum Gasteiger partial charge on any atom is -0.330 e. The van der Waals surface area contributed by atoms with E-state index in [4.69, 9.17) is 5.73 Å². The number of nitrogens with two attached hydrogens (primary N) is 1. The molecule has 0 spiro atoms. The number of hydrogen-bond donors (Lipinski definition) is 1. The van der Waals surface area contributed by atoms with E-state index in [1.807, 2.05) is 12.1 Å². The van der Waals surface area contributed by atoms with Gasteiger partial charge in [0.05, 0.1) is 4.47 Å². The van der Waals surface area contributed by atoms with Crippen molar-refractivity contribution < 1.29 is 4.39 Å². The van der Waals surface area contributed by atoms with E-state index in [0.29, 0.717) is 11.0 Å². The van der Waals surface area contributed by atoms with Crippen molar-refractivity contribution in [2.75, 3.05) is 6.54 Å². The van der Waals surface area contributed by atoms with Crippen LogP contribution in [0.1, 0.15) is 25.8 Å². The lowest BCUT2D eigenvalue weighted by atomic mass is 9.88. The van der Waals surface area contributed by atoms with Crippen molar-refractivity contribution in [3.05, 3.63) is 34.1 Å². The molecule has 0 aliphatic heterocycles. The molecule has 82 valence electrons. The van der Waals surface area contributed by atoms with Gasteiger partial charge < -0.3 is 5.73 Å². The molecule has 1 unspecified atom stereocenters. The molecule has 0 aromatic heterocycles. The van der Waals surface area contributed by atoms with E-state index in [0.717, 1.165) is 12.0 Å². The summed E-state index contributed by atoms with van der Waals surface area (Å²) in [6.07, 6.45) is 0.962. The predicted molar refractivity (Wildman–Crippen MR) is 63.2 cm³/mol. The van der Waals surface area contributed by atoms with Crippen molar-refractivity contribution in [1.82, 2.24) is 0 Å². The average molecular weight is 272 g/mol. The van der Waals surface area contributed by atoms with Crippen LogP contribution in [0, 0.1) is 11.2 Å². The summed E-state index contributed by atoms with van der Waals surface area (Å²) in [4.78, 5) is 0. The Hall–Kier alpha value is -0.410. The zero-order valence-corrected chi connectivity index (χ0v) is 10.6. The van der Waals surface area contributed by atoms with Gasteiger partial charge in [-0.15, -0.1) is 0 Å². The maximum atomic E-state index is 14.0. The average Bonchev–Trinajstić information content (AvgIpc) is 2.74. The van der Waals surface area contributed by atoms with Crippen LogP contribution in [0.15, 0.2) is 22.7 Å². The first-order chi connectivity index (χ1) is 6.94. The molecule has 0 radical (unpaired) electrons. The zero-order chi connectivity index (χ0) is 11.3. The van der Waals surface area contributed by atoms with Crippen LogP contribution < -0.4 is 5.73 Å². The van der Waals surface area contributed by atoms with Gasteiger partial charge in [0.2, 0.25) is 0 Å². The van der Waals surface area contributed by atoms with E-state index in [1.54, 1.807) is 6.07 Å². The smallest absolute Gasteiger partial charge is 0.141 e. The Morgan fingerprint density at radius 1 is 1.47 bits per heavy atom. The third kappa shape index (κ3) is 1.44. The van der Waals surface area contributed by atoms with E-state index >= 15 is 0 Å². The molecular formula is C12H15BrFN. The Bertz CT molecular complexity index is 403. The highest BCUT2D eigenvalue weighted by atomic mass is 79.9. The number of rotatable bonds is 2. The molecule has 3 heteroatoms. The monoisotopic (exact) mass is 271 g/mol. The van der Waals surface area contributed by atoms with Gasteiger partial charge in [-0.25, -0.2) is 4.39 Å². The Morgan fingerprint density at radius 3 is 2.53 bits per heavy atom. The Kier molecular flexibility index (Phi) is 2.43. The van der Waals surface area contributed by atoms with Gasteiger partial charge in [-0.05, 0) is 39.4 Å². The van der Waals surface area contributed by atoms with Gasteiger partial charge in [0.25, 0.3) is 0 Å². The summed E-state index contributed by atoms with van der Waals surface area (Å²) in [7, 11) is 0. The Morgan fingerprint density at radius 2 is 2.07 bits per heavy atom. The van der Waals surface area contributed by atoms with Crippen LogP contribution in [0.25, 0.3) is 0 Å². The van der Waals surface area contributed by atoms with Crippen LogP contribution in [-0.4, -0.2) is 6.54 Å². The van der Waals surface area contributed by atoms with Crippen molar-refractivity contribution in [2.45, 2.75) is 25.7 Å². The maximum absolute atomic E-state index is 14.0. The van der Waals surface area contributed by atoms with Gasteiger partial charge in [0, 0.05) is 12.0 Å². The second-order valence-corrected chi connectivity index (χ2v) is 5.80. The third-order valence-electron chi connectivity index (χ3n) is 3.73. The summed E-state index contributed by atoms with van der Waals surface area (Å²) in [6, 6.07) is 5.44. The largest absolute Gasteiger partial charge is 0.330 e. The molecule has 1 saturated carbocycles. The van der Waals surface area contributed by atoms with Crippen molar-refractivity contribution in [1.29, 1.82) is 0 Å². The van der Waals surface area contributed by atoms with Crippen LogP contribution in [0.3, 0.4) is 0 Å². The molecule has 1 atom stereocenters. The van der Waals surface area contributed by atoms with Gasteiger partial charge >= 0.3 is 0 Å². The minimum atomic E-state index is -0.166. The van der Waals surface area contributed by atoms with Crippen molar-refractivity contribution in [2.24, 2.45) is 11.1 Å². The molecule has 2 N–H and O–H groups in total. The first kappa shape index (κ1) is 11.1. The second-order valence-electron chi connectivity index (χ2n) is 4.95. The molecule has 15 heavy (non-hydrogen) atoms. The summed E-state index contributed by atoms with van der Waals surface area (Å²) in [6.45, 7) is 4.79. The van der Waals surface area contributed by atoms with Gasteiger partial charge in [-0.3, -0.25) is 0 Å². The van der Waals surface area contributed by atoms with Crippen LogP contribution >= 0.6 is 15.9 Å². The molecule has 1 aliphatic rings. The van der Waals surface area contributed by atoms with E-state index in [-0.39, 0.29) is 16.6 Å². The molecule has 0 heterocycles. The Balaban J connectivity index is 2.51. The highest BCUT2D eigenvalue weighted by molar-refractivity contribution is 9.10. The van der Waals surface area contributed by atoms with Crippen LogP contribution in [0.2, 0.25) is 0 Å². The molecule has 0 saturated heterocycles. The normalized spacial score (nSPS) is 27.8. The number of halogens is 2. The molecule has 1 nitrogen and oxygen atoms in total. The van der Waals surface area contributed by atoms with E-state index < -0.39 is 0 Å². The molecule has 2 rings (SSSR count). The van der Waals surface area contributed by atoms with Crippen molar-refractivity contribution >= 4 is 15.9 Å². The molecule has 1 aromatic rings. The fourth-order valence-corrected chi connectivity index (χ4v) is 2.87. The van der Waals surface area contributed by atoms with Crippen LogP contribution in [0.4, 0.5) is 4.39 Å². The van der Waals surface area contributed by atoms with Crippen LogP contribution in [0.5, 0.6) is 0 Å². The van der Waals surface area contributed by atoms with E-state index in [9.17, 15) is 4.39 Å². The molecule has 1 fully saturated rings. The van der Waals surface area contributed by atoms with Gasteiger partial charge in [-0.2, -0.15) is 0 Å². The molecular weight excluding hydrogens is 257 g/mol. The lowest BCUT2D eigenvalue weighted by Gasteiger charge is -2.20. The van der Waals surface area contributed by atoms with E-state index in [1.165, 1.54) is 0 Å². The standard InChI is InChI=1S/C12H15BrFN/c1-11(2)6-12(11,7-15)8-4-3-5-9(13)10(8)14/h3-5H,6-7,15H2,1-2H3. The SMILES string of the molecule is CC1(C)CC1(CN)c1cccc(Br)c1F. The molecule has 0 bridgehead atoms. The highest BCUT2D eigenvalue weighted by Gasteiger charge is 2.62. The summed E-state index contributed by atoms with van der Waals surface area (Å²) in [5.41, 5.74) is 6.52. The van der Waals surface area contributed by atoms with Gasteiger partial charge in [-0.1, -0.05) is 26.0 Å². The lowest BCUT2D eigenvalue weighted by Crippen LogP contribution is -2.26. The van der Waals surface area contributed by atoms with Crippen molar-refractivity contribution in [3.63, 3.8) is 0 Å². The summed E-state index contributed by atoms with van der Waals surface area (Å²) < 4.78 is 14.5. The summed E-state index contributed by atoms with van der Waals surface area (Å²) in [5, 5.41) is 0. The summed E-state index contributed by atoms with van der Waals surface area (Å²) >= 11 is 3.22. The topological polar surface area (TPSA) is 26.0 Å². The fraction of sp³-hybridized carbons (Fsp3) is 0.500. The first-order valence-electron chi connectivity index (χ1n) is 5.09. The second kappa shape index (κ2) is 3.29. The van der Waals surface area contributed by atoms with Crippen LogP contribution in [-0.2, 0) is 5.41 Å². The van der Waals surface area contributed by atoms with E-state index in [2.05, 4.69) is 29.8 Å². The Labute approximate surface area is 98.0 Å². The predicted octanol–water partition coefficient (Wildman–Crippen LogP) is 3.21.